The number of urea groups is 1. The van der Waals surface area contributed by atoms with Gasteiger partial charge in [-0.25, -0.2) is 9.59 Å². The van der Waals surface area contributed by atoms with Crippen molar-refractivity contribution in [3.05, 3.63) is 0 Å². The number of nitrogens with one attached hydrogen (secondary N) is 3. The number of aliphatic carboxylic acids is 1. The molecular formula is C12H23N3O4. The zero-order valence-electron chi connectivity index (χ0n) is 11.9. The molecule has 0 fully saturated rings. The number of carbonyl (C=O) groups is 3. The van der Waals surface area contributed by atoms with E-state index in [0.29, 0.717) is 6.54 Å². The van der Waals surface area contributed by atoms with E-state index in [1.165, 1.54) is 0 Å². The van der Waals surface area contributed by atoms with E-state index in [-0.39, 0.29) is 18.9 Å². The summed E-state index contributed by atoms with van der Waals surface area (Å²) in [6.07, 6.45) is 0.161. The van der Waals surface area contributed by atoms with Gasteiger partial charge in [-0.2, -0.15) is 0 Å². The zero-order chi connectivity index (χ0) is 15.1. The van der Waals surface area contributed by atoms with Gasteiger partial charge < -0.3 is 21.1 Å². The van der Waals surface area contributed by atoms with Gasteiger partial charge >= 0.3 is 12.0 Å². The van der Waals surface area contributed by atoms with E-state index in [2.05, 4.69) is 16.0 Å². The van der Waals surface area contributed by atoms with E-state index in [9.17, 15) is 14.4 Å². The lowest BCUT2D eigenvalue weighted by Crippen LogP contribution is -2.52. The molecule has 3 amide bonds. The van der Waals surface area contributed by atoms with Crippen molar-refractivity contribution in [3.8, 4) is 0 Å². The predicted molar refractivity (Wildman–Crippen MR) is 70.7 cm³/mol. The first-order valence-corrected chi connectivity index (χ1v) is 6.22. The lowest BCUT2D eigenvalue weighted by molar-refractivity contribution is -0.141. The highest BCUT2D eigenvalue weighted by Gasteiger charge is 2.32. The van der Waals surface area contributed by atoms with Gasteiger partial charge in [-0.15, -0.1) is 0 Å². The van der Waals surface area contributed by atoms with E-state index in [1.54, 1.807) is 27.7 Å². The molecule has 0 radical (unpaired) electrons. The molecule has 0 heterocycles. The molecule has 0 aromatic rings. The van der Waals surface area contributed by atoms with Crippen molar-refractivity contribution in [3.63, 3.8) is 0 Å². The van der Waals surface area contributed by atoms with Crippen LogP contribution in [0.15, 0.2) is 0 Å². The monoisotopic (exact) mass is 273 g/mol. The third-order valence-electron chi connectivity index (χ3n) is 2.40. The van der Waals surface area contributed by atoms with E-state index in [0.717, 1.165) is 0 Å². The molecule has 1 atom stereocenters. The summed E-state index contributed by atoms with van der Waals surface area (Å²) in [5, 5.41) is 16.5. The molecule has 0 rings (SSSR count). The maximum absolute atomic E-state index is 11.5. The van der Waals surface area contributed by atoms with Crippen LogP contribution >= 0.6 is 0 Å². The summed E-state index contributed by atoms with van der Waals surface area (Å²) in [5.41, 5.74) is -0.594. The van der Waals surface area contributed by atoms with Crippen molar-refractivity contribution < 1.29 is 19.5 Å². The molecule has 0 saturated carbocycles. The molecule has 7 heteroatoms. The van der Waals surface area contributed by atoms with Crippen LogP contribution in [0.2, 0.25) is 0 Å². The Morgan fingerprint density at radius 2 is 1.74 bits per heavy atom. The molecule has 4 N–H and O–H groups in total. The first-order chi connectivity index (χ1) is 8.68. The number of hydrogen-bond donors (Lipinski definition) is 4. The second-order valence-corrected chi connectivity index (χ2v) is 5.24. The second kappa shape index (κ2) is 7.60. The molecule has 0 aliphatic rings. The van der Waals surface area contributed by atoms with Gasteiger partial charge in [0.1, 0.15) is 6.04 Å². The van der Waals surface area contributed by atoms with Gasteiger partial charge in [-0.05, 0) is 12.3 Å². The summed E-state index contributed by atoms with van der Waals surface area (Å²) in [7, 11) is 0. The topological polar surface area (TPSA) is 108 Å². The van der Waals surface area contributed by atoms with Crippen LogP contribution in [0.25, 0.3) is 0 Å². The van der Waals surface area contributed by atoms with Gasteiger partial charge in [0.05, 0.1) is 0 Å². The fourth-order valence-electron chi connectivity index (χ4n) is 1.41. The van der Waals surface area contributed by atoms with Crippen molar-refractivity contribution in [2.24, 2.45) is 5.41 Å². The normalized spacial score (nSPS) is 12.4. The summed E-state index contributed by atoms with van der Waals surface area (Å²) in [6.45, 7) is 7.67. The standard InChI is InChI=1S/C12H23N3O4/c1-5-13-8(16)6-7-14-11(19)15-9(10(17)18)12(2,3)4/h9H,5-7H2,1-4H3,(H,13,16)(H,17,18)(H2,14,15,19)/t9-/m0/s1. The highest BCUT2D eigenvalue weighted by molar-refractivity contribution is 5.83. The van der Waals surface area contributed by atoms with Crippen LogP contribution in [0, 0.1) is 5.41 Å². The molecule has 0 unspecified atom stereocenters. The maximum Gasteiger partial charge on any atom is 0.326 e. The maximum atomic E-state index is 11.5. The minimum atomic E-state index is -1.09. The molecular weight excluding hydrogens is 250 g/mol. The Hall–Kier alpha value is -1.79. The van der Waals surface area contributed by atoms with Gasteiger partial charge in [0.2, 0.25) is 5.91 Å². The lowest BCUT2D eigenvalue weighted by atomic mass is 9.87. The van der Waals surface area contributed by atoms with Crippen LogP contribution in [-0.4, -0.2) is 42.1 Å². The third kappa shape index (κ3) is 7.28. The van der Waals surface area contributed by atoms with Crippen molar-refractivity contribution in [1.82, 2.24) is 16.0 Å². The second-order valence-electron chi connectivity index (χ2n) is 5.24. The van der Waals surface area contributed by atoms with E-state index >= 15 is 0 Å². The van der Waals surface area contributed by atoms with Gasteiger partial charge in [0.15, 0.2) is 0 Å². The summed E-state index contributed by atoms with van der Waals surface area (Å²) in [4.78, 5) is 33.7. The SMILES string of the molecule is CCNC(=O)CCNC(=O)N[C@@H](C(=O)O)C(C)(C)C. The van der Waals surface area contributed by atoms with E-state index < -0.39 is 23.5 Å². The highest BCUT2D eigenvalue weighted by atomic mass is 16.4. The Labute approximate surface area is 113 Å². The van der Waals surface area contributed by atoms with Crippen LogP contribution < -0.4 is 16.0 Å². The number of amides is 3. The van der Waals surface area contributed by atoms with Gasteiger partial charge in [-0.3, -0.25) is 4.79 Å². The molecule has 0 spiro atoms. The Morgan fingerprint density at radius 3 is 2.16 bits per heavy atom. The van der Waals surface area contributed by atoms with Crippen LogP contribution in [0.5, 0.6) is 0 Å². The summed E-state index contributed by atoms with van der Waals surface area (Å²) >= 11 is 0. The average molecular weight is 273 g/mol. The molecule has 0 bridgehead atoms. The van der Waals surface area contributed by atoms with Crippen LogP contribution in [0.3, 0.4) is 0 Å². The largest absolute Gasteiger partial charge is 0.480 e. The average Bonchev–Trinajstić information content (AvgIpc) is 2.24. The smallest absolute Gasteiger partial charge is 0.326 e. The van der Waals surface area contributed by atoms with Crippen molar-refractivity contribution in [1.29, 1.82) is 0 Å². The summed E-state index contributed by atoms with van der Waals surface area (Å²) < 4.78 is 0. The first-order valence-electron chi connectivity index (χ1n) is 6.22. The lowest BCUT2D eigenvalue weighted by Gasteiger charge is -2.27. The molecule has 0 saturated heterocycles. The Morgan fingerprint density at radius 1 is 1.16 bits per heavy atom. The van der Waals surface area contributed by atoms with Gasteiger partial charge in [0.25, 0.3) is 0 Å². The molecule has 110 valence electrons. The summed E-state index contributed by atoms with van der Waals surface area (Å²) in [6, 6.07) is -1.58. The molecule has 0 aliphatic heterocycles. The van der Waals surface area contributed by atoms with Crippen LogP contribution in [0.4, 0.5) is 4.79 Å². The first kappa shape index (κ1) is 17.2. The summed E-state index contributed by atoms with van der Waals surface area (Å²) in [5.74, 6) is -1.25. The Bertz CT molecular complexity index is 336. The molecule has 0 aliphatic carbocycles. The Balaban J connectivity index is 4.15. The minimum absolute atomic E-state index is 0.159. The van der Waals surface area contributed by atoms with E-state index in [4.69, 9.17) is 5.11 Å². The third-order valence-corrected chi connectivity index (χ3v) is 2.40. The van der Waals surface area contributed by atoms with Gasteiger partial charge in [-0.1, -0.05) is 20.8 Å². The predicted octanol–water partition coefficient (Wildman–Crippen LogP) is 0.311. The van der Waals surface area contributed by atoms with Crippen molar-refractivity contribution >= 4 is 17.9 Å². The Kier molecular flexibility index (Phi) is 6.89. The number of carbonyl (C=O) groups excluding carboxylic acids is 2. The number of hydrogen-bond acceptors (Lipinski definition) is 3. The van der Waals surface area contributed by atoms with E-state index in [1.807, 2.05) is 0 Å². The van der Waals surface area contributed by atoms with Crippen LogP contribution in [0.1, 0.15) is 34.1 Å². The zero-order valence-corrected chi connectivity index (χ0v) is 11.9. The van der Waals surface area contributed by atoms with Crippen molar-refractivity contribution in [2.45, 2.75) is 40.2 Å². The molecule has 0 aromatic carbocycles. The van der Waals surface area contributed by atoms with Gasteiger partial charge in [0, 0.05) is 19.5 Å². The molecule has 7 nitrogen and oxygen atoms in total. The number of carboxylic acid groups (broad SMARTS) is 1. The quantitative estimate of drug-likeness (QED) is 0.558. The van der Waals surface area contributed by atoms with Crippen LogP contribution in [-0.2, 0) is 9.59 Å². The fraction of sp³-hybridized carbons (Fsp3) is 0.750. The minimum Gasteiger partial charge on any atom is -0.480 e. The van der Waals surface area contributed by atoms with Crippen molar-refractivity contribution in [2.75, 3.05) is 13.1 Å². The molecule has 0 aromatic heterocycles. The number of rotatable bonds is 6. The highest BCUT2D eigenvalue weighted by Crippen LogP contribution is 2.19. The fourth-order valence-corrected chi connectivity index (χ4v) is 1.41. The molecule has 19 heavy (non-hydrogen) atoms. The number of carboxylic acids is 1.